The van der Waals surface area contributed by atoms with E-state index in [1.54, 1.807) is 13.0 Å². The summed E-state index contributed by atoms with van der Waals surface area (Å²) >= 11 is 0. The monoisotopic (exact) mass is 316 g/mol. The molecule has 1 aliphatic rings. The third-order valence-corrected chi connectivity index (χ3v) is 2.77. The molecule has 0 aromatic heterocycles. The lowest BCUT2D eigenvalue weighted by Crippen LogP contribution is -2.44. The number of hydrogen-bond acceptors (Lipinski definition) is 7. The summed E-state index contributed by atoms with van der Waals surface area (Å²) < 4.78 is 34.4. The van der Waals surface area contributed by atoms with Crippen LogP contribution in [0.25, 0.3) is 0 Å². The Balaban J connectivity index is 0.00000220. The first-order valence-corrected chi connectivity index (χ1v) is 7.02. The summed E-state index contributed by atoms with van der Waals surface area (Å²) in [6.07, 6.45) is 0.454. The van der Waals surface area contributed by atoms with E-state index < -0.39 is 16.7 Å². The molecule has 1 unspecified atom stereocenters. The van der Waals surface area contributed by atoms with Crippen LogP contribution in [-0.2, 0) is 14.7 Å². The lowest BCUT2D eigenvalue weighted by molar-refractivity contribution is -0.0607. The molecular weight excluding hydrogens is 300 g/mol. The minimum absolute atomic E-state index is 0. The van der Waals surface area contributed by atoms with E-state index >= 15 is 0 Å². The van der Waals surface area contributed by atoms with Crippen LogP contribution in [0.5, 0.6) is 0 Å². The van der Waals surface area contributed by atoms with Crippen LogP contribution in [0.15, 0.2) is 47.1 Å². The molecule has 9 nitrogen and oxygen atoms in total. The summed E-state index contributed by atoms with van der Waals surface area (Å²) in [5.74, 6) is 0.455. The number of nitrogens with one attached hydrogen (secondary N) is 1. The largest absolute Gasteiger partial charge is 0.418 e. The highest BCUT2D eigenvalue weighted by Gasteiger charge is 2.25. The van der Waals surface area contributed by atoms with E-state index in [0.29, 0.717) is 11.5 Å². The molecule has 0 aliphatic carbocycles. The van der Waals surface area contributed by atoms with Crippen LogP contribution in [0.3, 0.4) is 0 Å². The number of aliphatic imine (C=N–C) groups is 1. The number of nitrogens with zero attached hydrogens (tertiary/aromatic N) is 2. The number of allylic oxidation sites excluding steroid dienone is 1. The van der Waals surface area contributed by atoms with Crippen LogP contribution in [-0.4, -0.2) is 35.6 Å². The van der Waals surface area contributed by atoms with Crippen LogP contribution in [0.4, 0.5) is 5.69 Å². The van der Waals surface area contributed by atoms with Crippen LogP contribution in [0, 0.1) is 0 Å². The summed E-state index contributed by atoms with van der Waals surface area (Å²) in [5, 5.41) is 3.82. The topological polar surface area (TPSA) is 149 Å². The van der Waals surface area contributed by atoms with Crippen molar-refractivity contribution in [3.8, 4) is 0 Å². The number of para-hydroxylation sites is 1. The predicted octanol–water partition coefficient (Wildman–Crippen LogP) is -0.132. The molecule has 116 valence electrons. The highest BCUT2D eigenvalue weighted by molar-refractivity contribution is 7.80. The van der Waals surface area contributed by atoms with Crippen LogP contribution in [0.2, 0.25) is 0 Å². The van der Waals surface area contributed by atoms with Gasteiger partial charge >= 0.3 is 10.4 Å². The predicted molar refractivity (Wildman–Crippen MR) is 77.3 cm³/mol. The van der Waals surface area contributed by atoms with Crippen molar-refractivity contribution in [2.45, 2.75) is 13.2 Å². The summed E-state index contributed by atoms with van der Waals surface area (Å²) in [6.45, 7) is 1.58. The first-order chi connectivity index (χ1) is 9.35. The maximum Gasteiger partial charge on any atom is 0.418 e. The molecule has 0 saturated carbocycles. The summed E-state index contributed by atoms with van der Waals surface area (Å²) in [5.41, 5.74) is 6.87. The van der Waals surface area contributed by atoms with Crippen molar-refractivity contribution in [3.63, 3.8) is 0 Å². The van der Waals surface area contributed by atoms with E-state index in [1.807, 2.05) is 30.3 Å². The van der Waals surface area contributed by atoms with Crippen molar-refractivity contribution in [1.82, 2.24) is 5.06 Å². The SMILES string of the molecule is CC1=CC(Nc2ccccc2)=NC(N)N1OS(=O)(=O)O.O. The molecule has 2 rings (SSSR count). The van der Waals surface area contributed by atoms with Gasteiger partial charge in [0.15, 0.2) is 0 Å². The molecule has 6 N–H and O–H groups in total. The maximum absolute atomic E-state index is 10.7. The smallest absolute Gasteiger partial charge is 0.412 e. The number of nitrogens with two attached hydrogens (primary N) is 1. The fourth-order valence-electron chi connectivity index (χ4n) is 1.64. The van der Waals surface area contributed by atoms with Crippen LogP contribution < -0.4 is 11.1 Å². The van der Waals surface area contributed by atoms with Crippen LogP contribution in [0.1, 0.15) is 6.92 Å². The zero-order chi connectivity index (χ0) is 14.8. The summed E-state index contributed by atoms with van der Waals surface area (Å²) in [7, 11) is -4.65. The Morgan fingerprint density at radius 2 is 2.00 bits per heavy atom. The molecule has 10 heteroatoms. The van der Waals surface area contributed by atoms with Gasteiger partial charge in [-0.25, -0.2) is 10.1 Å². The van der Waals surface area contributed by atoms with Gasteiger partial charge in [0.1, 0.15) is 5.84 Å². The highest BCUT2D eigenvalue weighted by atomic mass is 32.3. The van der Waals surface area contributed by atoms with Gasteiger partial charge in [-0.2, -0.15) is 8.42 Å². The van der Waals surface area contributed by atoms with Crippen molar-refractivity contribution in [1.29, 1.82) is 0 Å². The first-order valence-electron chi connectivity index (χ1n) is 5.65. The molecule has 0 spiro atoms. The number of benzene rings is 1. The van der Waals surface area contributed by atoms with Gasteiger partial charge < -0.3 is 10.8 Å². The number of amidine groups is 1. The van der Waals surface area contributed by atoms with E-state index in [-0.39, 0.29) is 5.48 Å². The zero-order valence-electron chi connectivity index (χ0n) is 11.1. The van der Waals surface area contributed by atoms with E-state index in [1.165, 1.54) is 0 Å². The number of rotatable bonds is 3. The first kappa shape index (κ1) is 17.1. The second-order valence-corrected chi connectivity index (χ2v) is 5.04. The Bertz CT molecular complexity index is 644. The Hall–Kier alpha value is -1.98. The summed E-state index contributed by atoms with van der Waals surface area (Å²) in [4.78, 5) is 4.03. The molecule has 1 aromatic rings. The van der Waals surface area contributed by atoms with Crippen molar-refractivity contribution in [2.24, 2.45) is 10.7 Å². The lowest BCUT2D eigenvalue weighted by Gasteiger charge is -2.29. The quantitative estimate of drug-likeness (QED) is 0.657. The molecule has 1 aromatic carbocycles. The molecule has 0 bridgehead atoms. The number of hydroxylamine groups is 2. The Kier molecular flexibility index (Phi) is 5.41. The fraction of sp³-hybridized carbons (Fsp3) is 0.182. The average molecular weight is 316 g/mol. The molecule has 0 amide bonds. The number of anilines is 1. The minimum atomic E-state index is -4.65. The molecule has 1 atom stereocenters. The Labute approximate surface area is 121 Å². The Morgan fingerprint density at radius 1 is 1.38 bits per heavy atom. The molecule has 0 radical (unpaired) electrons. The highest BCUT2D eigenvalue weighted by Crippen LogP contribution is 2.16. The maximum atomic E-state index is 10.7. The van der Waals surface area contributed by atoms with Crippen molar-refractivity contribution in [3.05, 3.63) is 42.1 Å². The van der Waals surface area contributed by atoms with Gasteiger partial charge in [0.25, 0.3) is 0 Å². The van der Waals surface area contributed by atoms with Gasteiger partial charge in [0, 0.05) is 17.5 Å². The Morgan fingerprint density at radius 3 is 2.52 bits per heavy atom. The van der Waals surface area contributed by atoms with E-state index in [4.69, 9.17) is 10.3 Å². The molecular formula is C11H16N4O5S. The lowest BCUT2D eigenvalue weighted by atomic mass is 10.3. The van der Waals surface area contributed by atoms with E-state index in [9.17, 15) is 8.42 Å². The number of hydrogen-bond donors (Lipinski definition) is 3. The van der Waals surface area contributed by atoms with Crippen molar-refractivity contribution < 1.29 is 22.7 Å². The molecule has 0 saturated heterocycles. The van der Waals surface area contributed by atoms with Gasteiger partial charge in [-0.3, -0.25) is 10.3 Å². The van der Waals surface area contributed by atoms with Gasteiger partial charge in [-0.05, 0) is 19.1 Å². The summed E-state index contributed by atoms with van der Waals surface area (Å²) in [6, 6.07) is 9.28. The second kappa shape index (κ2) is 6.65. The molecule has 1 heterocycles. The van der Waals surface area contributed by atoms with Crippen LogP contribution >= 0.6 is 0 Å². The third-order valence-electron chi connectivity index (χ3n) is 2.43. The normalized spacial score (nSPS) is 18.4. The zero-order valence-corrected chi connectivity index (χ0v) is 11.9. The van der Waals surface area contributed by atoms with Gasteiger partial charge in [0.2, 0.25) is 6.29 Å². The molecule has 21 heavy (non-hydrogen) atoms. The van der Waals surface area contributed by atoms with Gasteiger partial charge in [-0.15, -0.1) is 4.28 Å². The average Bonchev–Trinajstić information content (AvgIpc) is 2.34. The van der Waals surface area contributed by atoms with E-state index in [0.717, 1.165) is 10.8 Å². The molecule has 0 fully saturated rings. The van der Waals surface area contributed by atoms with Gasteiger partial charge in [0.05, 0.1) is 0 Å². The minimum Gasteiger partial charge on any atom is -0.412 e. The van der Waals surface area contributed by atoms with Crippen molar-refractivity contribution >= 4 is 21.9 Å². The van der Waals surface area contributed by atoms with E-state index in [2.05, 4.69) is 14.6 Å². The van der Waals surface area contributed by atoms with Crippen molar-refractivity contribution in [2.75, 3.05) is 5.32 Å². The fourth-order valence-corrected chi connectivity index (χ4v) is 2.05. The van der Waals surface area contributed by atoms with Gasteiger partial charge in [-0.1, -0.05) is 18.2 Å². The third kappa shape index (κ3) is 4.81. The molecule has 1 aliphatic heterocycles. The standard InChI is InChI=1S/C11H14N4O4S.H2O/c1-8-7-10(13-9-5-3-2-4-6-9)14-11(12)15(8)19-20(16,17)18;/h2-7,11H,12H2,1H3,(H,13,14)(H,16,17,18);1H2. The second-order valence-electron chi connectivity index (χ2n) is 4.03.